The Kier molecular flexibility index (Phi) is 4.20. The molecule has 2 rings (SSSR count). The van der Waals surface area contributed by atoms with Crippen LogP contribution in [0.15, 0.2) is 40.9 Å². The Morgan fingerprint density at radius 1 is 1.30 bits per heavy atom. The first kappa shape index (κ1) is 14.7. The summed E-state index contributed by atoms with van der Waals surface area (Å²) in [5.74, 6) is -0.324. The molecule has 3 N–H and O–H groups in total. The summed E-state index contributed by atoms with van der Waals surface area (Å²) in [5, 5.41) is 9.51. The van der Waals surface area contributed by atoms with Gasteiger partial charge in [0.05, 0.1) is 16.4 Å². The van der Waals surface area contributed by atoms with Gasteiger partial charge < -0.3 is 15.7 Å². The van der Waals surface area contributed by atoms with Crippen LogP contribution in [-0.4, -0.2) is 18.1 Å². The van der Waals surface area contributed by atoms with E-state index in [1.54, 1.807) is 25.2 Å². The summed E-state index contributed by atoms with van der Waals surface area (Å²) in [6.45, 7) is 0. The number of nitrogens with two attached hydrogens (primary N) is 1. The third kappa shape index (κ3) is 2.89. The van der Waals surface area contributed by atoms with Crippen LogP contribution >= 0.6 is 27.5 Å². The Bertz CT molecular complexity index is 676. The maximum atomic E-state index is 12.4. The van der Waals surface area contributed by atoms with Crippen molar-refractivity contribution in [3.8, 4) is 5.75 Å². The number of phenols is 1. The Labute approximate surface area is 129 Å². The van der Waals surface area contributed by atoms with Crippen LogP contribution in [0, 0.1) is 0 Å². The first-order valence-electron chi connectivity index (χ1n) is 5.71. The van der Waals surface area contributed by atoms with Gasteiger partial charge in [0.2, 0.25) is 0 Å². The predicted molar refractivity (Wildman–Crippen MR) is 84.4 cm³/mol. The standard InChI is InChI=1S/C14H12BrClN2O2/c1-18(12-4-3-9(15)7-11(12)17)14(20)8-2-5-13(19)10(16)6-8/h2-7,19H,17H2,1H3. The second-order valence-electron chi connectivity index (χ2n) is 4.23. The Balaban J connectivity index is 2.34. The van der Waals surface area contributed by atoms with Crippen molar-refractivity contribution in [2.45, 2.75) is 0 Å². The molecule has 0 unspecified atom stereocenters. The molecule has 0 saturated heterocycles. The number of nitrogens with zero attached hydrogens (tertiary/aromatic N) is 1. The topological polar surface area (TPSA) is 66.6 Å². The molecule has 0 spiro atoms. The summed E-state index contributed by atoms with van der Waals surface area (Å²) in [6, 6.07) is 9.59. The number of halogens is 2. The predicted octanol–water partition coefficient (Wildman–Crippen LogP) is 3.67. The monoisotopic (exact) mass is 354 g/mol. The normalized spacial score (nSPS) is 10.3. The molecule has 0 aromatic heterocycles. The highest BCUT2D eigenvalue weighted by Gasteiger charge is 2.16. The first-order valence-corrected chi connectivity index (χ1v) is 6.89. The number of phenolic OH excluding ortho intramolecular Hbond substituents is 1. The lowest BCUT2D eigenvalue weighted by molar-refractivity contribution is 0.0993. The van der Waals surface area contributed by atoms with Crippen LogP contribution in [0.3, 0.4) is 0 Å². The molecule has 0 aliphatic carbocycles. The Hall–Kier alpha value is -1.72. The smallest absolute Gasteiger partial charge is 0.258 e. The van der Waals surface area contributed by atoms with Crippen molar-refractivity contribution in [1.82, 2.24) is 0 Å². The van der Waals surface area contributed by atoms with Crippen molar-refractivity contribution in [1.29, 1.82) is 0 Å². The van der Waals surface area contributed by atoms with Crippen LogP contribution in [-0.2, 0) is 0 Å². The average Bonchev–Trinajstić information content (AvgIpc) is 2.40. The van der Waals surface area contributed by atoms with E-state index in [4.69, 9.17) is 17.3 Å². The van der Waals surface area contributed by atoms with E-state index in [0.29, 0.717) is 16.9 Å². The van der Waals surface area contributed by atoms with Crippen LogP contribution < -0.4 is 10.6 Å². The molecule has 0 aliphatic heterocycles. The van der Waals surface area contributed by atoms with Gasteiger partial charge in [-0.15, -0.1) is 0 Å². The number of carbonyl (C=O) groups excluding carboxylic acids is 1. The molecular weight excluding hydrogens is 344 g/mol. The number of amides is 1. The Morgan fingerprint density at radius 2 is 2.00 bits per heavy atom. The molecule has 0 saturated carbocycles. The zero-order chi connectivity index (χ0) is 14.9. The van der Waals surface area contributed by atoms with Gasteiger partial charge in [0, 0.05) is 17.1 Å². The fourth-order valence-corrected chi connectivity index (χ4v) is 2.33. The SMILES string of the molecule is CN(C(=O)c1ccc(O)c(Cl)c1)c1ccc(Br)cc1N. The fraction of sp³-hybridized carbons (Fsp3) is 0.0714. The van der Waals surface area contributed by atoms with Gasteiger partial charge in [-0.1, -0.05) is 27.5 Å². The van der Waals surface area contributed by atoms with Crippen molar-refractivity contribution in [3.63, 3.8) is 0 Å². The summed E-state index contributed by atoms with van der Waals surface area (Å²) in [5.41, 5.74) is 7.36. The van der Waals surface area contributed by atoms with E-state index in [0.717, 1.165) is 4.47 Å². The second kappa shape index (κ2) is 5.73. The summed E-state index contributed by atoms with van der Waals surface area (Å²) in [6.07, 6.45) is 0. The largest absolute Gasteiger partial charge is 0.506 e. The quantitative estimate of drug-likeness (QED) is 0.808. The van der Waals surface area contributed by atoms with Gasteiger partial charge in [-0.2, -0.15) is 0 Å². The molecule has 2 aromatic rings. The van der Waals surface area contributed by atoms with Crippen LogP contribution in [0.1, 0.15) is 10.4 Å². The summed E-state index contributed by atoms with van der Waals surface area (Å²) in [7, 11) is 1.63. The lowest BCUT2D eigenvalue weighted by Gasteiger charge is -2.19. The lowest BCUT2D eigenvalue weighted by atomic mass is 10.1. The van der Waals surface area contributed by atoms with Crippen molar-refractivity contribution in [2.24, 2.45) is 0 Å². The van der Waals surface area contributed by atoms with Crippen molar-refractivity contribution < 1.29 is 9.90 Å². The van der Waals surface area contributed by atoms with Crippen molar-refractivity contribution >= 4 is 44.8 Å². The fourth-order valence-electron chi connectivity index (χ4n) is 1.77. The molecular formula is C14H12BrClN2O2. The van der Waals surface area contributed by atoms with Crippen molar-refractivity contribution in [2.75, 3.05) is 17.7 Å². The number of nitrogen functional groups attached to an aromatic ring is 1. The number of anilines is 2. The van der Waals surface area contributed by atoms with E-state index >= 15 is 0 Å². The summed E-state index contributed by atoms with van der Waals surface area (Å²) in [4.78, 5) is 13.8. The molecule has 20 heavy (non-hydrogen) atoms. The van der Waals surface area contributed by atoms with Gasteiger partial charge in [0.15, 0.2) is 0 Å². The van der Waals surface area contributed by atoms with Gasteiger partial charge >= 0.3 is 0 Å². The van der Waals surface area contributed by atoms with Gasteiger partial charge in [0.1, 0.15) is 5.75 Å². The lowest BCUT2D eigenvalue weighted by Crippen LogP contribution is -2.27. The molecule has 0 heterocycles. The van der Waals surface area contributed by atoms with Gasteiger partial charge in [-0.05, 0) is 36.4 Å². The highest BCUT2D eigenvalue weighted by Crippen LogP contribution is 2.28. The van der Waals surface area contributed by atoms with E-state index in [-0.39, 0.29) is 16.7 Å². The second-order valence-corrected chi connectivity index (χ2v) is 5.56. The van der Waals surface area contributed by atoms with Crippen LogP contribution in [0.25, 0.3) is 0 Å². The maximum Gasteiger partial charge on any atom is 0.258 e. The van der Waals surface area contributed by atoms with Crippen LogP contribution in [0.5, 0.6) is 5.75 Å². The molecule has 104 valence electrons. The first-order chi connectivity index (χ1) is 9.40. The number of benzene rings is 2. The zero-order valence-electron chi connectivity index (χ0n) is 10.6. The molecule has 6 heteroatoms. The molecule has 0 bridgehead atoms. The summed E-state index contributed by atoms with van der Waals surface area (Å²) < 4.78 is 0.840. The minimum atomic E-state index is -0.263. The molecule has 4 nitrogen and oxygen atoms in total. The minimum absolute atomic E-state index is 0.0611. The zero-order valence-corrected chi connectivity index (χ0v) is 12.9. The van der Waals surface area contributed by atoms with Crippen LogP contribution in [0.2, 0.25) is 5.02 Å². The van der Waals surface area contributed by atoms with E-state index in [1.165, 1.54) is 23.1 Å². The van der Waals surface area contributed by atoms with Gasteiger partial charge in [-0.3, -0.25) is 4.79 Å². The number of carbonyl (C=O) groups is 1. The minimum Gasteiger partial charge on any atom is -0.506 e. The molecule has 1 amide bonds. The molecule has 0 atom stereocenters. The number of hydrogen-bond donors (Lipinski definition) is 2. The third-order valence-corrected chi connectivity index (χ3v) is 3.65. The number of aromatic hydroxyl groups is 1. The van der Waals surface area contributed by atoms with E-state index in [2.05, 4.69) is 15.9 Å². The molecule has 2 aromatic carbocycles. The molecule has 0 fully saturated rings. The van der Waals surface area contributed by atoms with E-state index in [1.807, 2.05) is 0 Å². The summed E-state index contributed by atoms with van der Waals surface area (Å²) >= 11 is 9.13. The van der Waals surface area contributed by atoms with E-state index < -0.39 is 0 Å². The van der Waals surface area contributed by atoms with Gasteiger partial charge in [-0.25, -0.2) is 0 Å². The highest BCUT2D eigenvalue weighted by molar-refractivity contribution is 9.10. The number of rotatable bonds is 2. The van der Waals surface area contributed by atoms with E-state index in [9.17, 15) is 9.90 Å². The number of hydrogen-bond acceptors (Lipinski definition) is 3. The molecule has 0 aliphatic rings. The molecule has 0 radical (unpaired) electrons. The average molecular weight is 356 g/mol. The maximum absolute atomic E-state index is 12.4. The van der Waals surface area contributed by atoms with Gasteiger partial charge in [0.25, 0.3) is 5.91 Å². The van der Waals surface area contributed by atoms with Crippen LogP contribution in [0.4, 0.5) is 11.4 Å². The highest BCUT2D eigenvalue weighted by atomic mass is 79.9. The Morgan fingerprint density at radius 3 is 2.60 bits per heavy atom. The third-order valence-electron chi connectivity index (χ3n) is 2.85. The van der Waals surface area contributed by atoms with Crippen molar-refractivity contribution in [3.05, 3.63) is 51.5 Å².